The van der Waals surface area contributed by atoms with Gasteiger partial charge in [-0.15, -0.1) is 0 Å². The monoisotopic (exact) mass is 835 g/mol. The number of likely N-dealkylation sites (N-methyl/N-ethyl adjacent to an activating group) is 1. The second-order valence-electron chi connectivity index (χ2n) is 18.6. The highest BCUT2D eigenvalue weighted by molar-refractivity contribution is 8.02. The number of nitrogens with zero attached hydrogens (tertiary/aromatic N) is 4. The van der Waals surface area contributed by atoms with Crippen LogP contribution in [0.25, 0.3) is 11.1 Å². The fourth-order valence-electron chi connectivity index (χ4n) is 9.79. The van der Waals surface area contributed by atoms with Gasteiger partial charge in [0.05, 0.1) is 0 Å². The highest BCUT2D eigenvalue weighted by atomic mass is 32.2. The molecule has 0 spiro atoms. The summed E-state index contributed by atoms with van der Waals surface area (Å²) in [4.78, 5) is 38.0. The molecule has 0 fully saturated rings. The van der Waals surface area contributed by atoms with Gasteiger partial charge in [0.15, 0.2) is 5.16 Å². The molecule has 5 rings (SSSR count). The number of carbonyl (C=O) groups excluding carboxylic acids is 1. The minimum Gasteiger partial charge on any atom is -0.347 e. The lowest BCUT2D eigenvalue weighted by molar-refractivity contribution is -0.136. The molecule has 0 N–H and O–H groups in total. The lowest BCUT2D eigenvalue weighted by Crippen LogP contribution is -2.74. The van der Waals surface area contributed by atoms with Crippen molar-refractivity contribution in [2.24, 2.45) is 0 Å². The molecule has 1 aromatic heterocycles. The number of fused-ring (bicyclic) bond motifs is 1. The van der Waals surface area contributed by atoms with E-state index in [0.717, 1.165) is 69.3 Å². The maximum absolute atomic E-state index is 15.5. The molecule has 6 nitrogen and oxygen atoms in total. The minimum absolute atomic E-state index is 0.0359. The maximum atomic E-state index is 15.5. The van der Waals surface area contributed by atoms with Crippen LogP contribution in [-0.4, -0.2) is 159 Å². The molecule has 0 radical (unpaired) electrons. The molecule has 3 aromatic carbocycles. The lowest BCUT2D eigenvalue weighted by atomic mass is 9.36. The van der Waals surface area contributed by atoms with Crippen LogP contribution in [0.1, 0.15) is 48.2 Å². The fourth-order valence-corrected chi connectivity index (χ4v) is 10.9. The Morgan fingerprint density at radius 1 is 0.754 bits per heavy atom. The summed E-state index contributed by atoms with van der Waals surface area (Å²) in [7, 11) is 27.6. The summed E-state index contributed by atoms with van der Waals surface area (Å²) in [6, 6.07) is 6.34. The van der Waals surface area contributed by atoms with Crippen molar-refractivity contribution in [1.82, 2.24) is 19.4 Å². The molecule has 4 aromatic rings. The van der Waals surface area contributed by atoms with E-state index in [0.29, 0.717) is 41.0 Å². The second kappa shape index (κ2) is 17.8. The molecule has 0 saturated heterocycles. The van der Waals surface area contributed by atoms with Crippen molar-refractivity contribution in [3.05, 3.63) is 68.4 Å². The van der Waals surface area contributed by atoms with Crippen molar-refractivity contribution in [1.29, 1.82) is 0 Å². The Bertz CT molecular complexity index is 2390. The molecule has 1 aliphatic carbocycles. The third kappa shape index (κ3) is 8.91. The number of amides is 1. The number of aromatic nitrogens is 2. The van der Waals surface area contributed by atoms with Crippen molar-refractivity contribution in [2.45, 2.75) is 72.8 Å². The lowest BCUT2D eigenvalue weighted by Gasteiger charge is -2.56. The quantitative estimate of drug-likeness (QED) is 0.0581. The number of hydrogen-bond donors (Lipinski definition) is 0. The number of halogens is 4. The topological polar surface area (TPSA) is 58.4 Å². The maximum Gasteiger partial charge on any atom is 0.415 e. The molecule has 1 aliphatic rings. The molecule has 0 bridgehead atoms. The van der Waals surface area contributed by atoms with Gasteiger partial charge in [-0.2, -0.15) is 18.2 Å². The second-order valence-corrected chi connectivity index (χ2v) is 20.1. The summed E-state index contributed by atoms with van der Waals surface area (Å²) in [6.45, 7) is 6.07. The zero-order valence-corrected chi connectivity index (χ0v) is 40.1. The molecule has 0 unspecified atom stereocenters. The smallest absolute Gasteiger partial charge is 0.347 e. The van der Waals surface area contributed by atoms with E-state index < -0.39 is 27.0 Å². The highest BCUT2D eigenvalue weighted by Gasteiger charge is 2.46. The molecular formula is C36H52B14F4N4O2S. The van der Waals surface area contributed by atoms with Crippen molar-refractivity contribution >= 4 is 171 Å². The Hall–Kier alpha value is -3.05. The zero-order valence-electron chi connectivity index (χ0n) is 39.3. The molecule has 25 heteroatoms. The summed E-state index contributed by atoms with van der Waals surface area (Å²) in [5.74, 6) is -0.455. The summed E-state index contributed by atoms with van der Waals surface area (Å²) < 4.78 is 58.3. The third-order valence-corrected chi connectivity index (χ3v) is 15.9. The van der Waals surface area contributed by atoms with Crippen molar-refractivity contribution < 1.29 is 22.4 Å². The van der Waals surface area contributed by atoms with Gasteiger partial charge in [0.25, 0.3) is 5.56 Å². The van der Waals surface area contributed by atoms with Crippen LogP contribution < -0.4 is 49.3 Å². The van der Waals surface area contributed by atoms with Gasteiger partial charge >= 0.3 is 6.18 Å². The van der Waals surface area contributed by atoms with Gasteiger partial charge in [-0.3, -0.25) is 9.59 Å². The fraction of sp³-hybridized carbons (Fsp3) is 0.361. The Labute approximate surface area is 376 Å². The first-order valence-electron chi connectivity index (χ1n) is 21.6. The number of hydrogen-bond acceptors (Lipinski definition) is 5. The summed E-state index contributed by atoms with van der Waals surface area (Å²) in [5.41, 5.74) is 9.93. The number of carbonyl (C=O) groups is 1. The van der Waals surface area contributed by atoms with Gasteiger partial charge < -0.3 is 14.4 Å². The predicted molar refractivity (Wildman–Crippen MR) is 287 cm³/mol. The van der Waals surface area contributed by atoms with E-state index in [1.165, 1.54) is 23.9 Å². The van der Waals surface area contributed by atoms with Crippen LogP contribution in [0.15, 0.2) is 34.2 Å². The minimum atomic E-state index is -4.46. The van der Waals surface area contributed by atoms with Crippen LogP contribution >= 0.6 is 11.8 Å². The average Bonchev–Trinajstić information content (AvgIpc) is 3.67. The van der Waals surface area contributed by atoms with Crippen molar-refractivity contribution in [3.8, 4) is 11.1 Å². The summed E-state index contributed by atoms with van der Waals surface area (Å²) in [5, 5.41) is -0.779. The van der Waals surface area contributed by atoms with Crippen LogP contribution in [0.4, 0.5) is 17.6 Å². The van der Waals surface area contributed by atoms with Crippen LogP contribution in [-0.2, 0) is 41.4 Å². The Kier molecular flexibility index (Phi) is 14.3. The van der Waals surface area contributed by atoms with E-state index >= 15 is 4.79 Å². The summed E-state index contributed by atoms with van der Waals surface area (Å²) >= 11 is 1.40. The average molecular weight is 832 g/mol. The number of benzene rings is 3. The molecule has 0 aliphatic heterocycles. The van der Waals surface area contributed by atoms with E-state index in [1.54, 1.807) is 43.5 Å². The first kappa shape index (κ1) is 49.0. The van der Waals surface area contributed by atoms with Crippen LogP contribution in [0, 0.1) is 5.82 Å². The first-order valence-corrected chi connectivity index (χ1v) is 22.4. The van der Waals surface area contributed by atoms with E-state index in [4.69, 9.17) is 0 Å². The molecule has 61 heavy (non-hydrogen) atoms. The van der Waals surface area contributed by atoms with E-state index in [9.17, 15) is 22.4 Å². The molecular weight excluding hydrogens is 780 g/mol. The number of thioether (sulfide) groups is 1. The van der Waals surface area contributed by atoms with Crippen LogP contribution in [0.3, 0.4) is 0 Å². The van der Waals surface area contributed by atoms with Gasteiger partial charge in [0.2, 0.25) is 5.91 Å². The largest absolute Gasteiger partial charge is 0.415 e. The zero-order chi connectivity index (χ0) is 45.9. The normalized spacial score (nSPS) is 13.4. The first-order chi connectivity index (χ1) is 28.1. The molecule has 1 heterocycles. The predicted octanol–water partition coefficient (Wildman–Crippen LogP) is -13.0. The van der Waals surface area contributed by atoms with E-state index in [-0.39, 0.29) is 34.8 Å². The Morgan fingerprint density at radius 2 is 1.25 bits per heavy atom. The van der Waals surface area contributed by atoms with E-state index in [1.807, 2.05) is 40.9 Å². The van der Waals surface area contributed by atoms with Crippen LogP contribution in [0.5, 0.6) is 0 Å². The van der Waals surface area contributed by atoms with Crippen LogP contribution in [0.2, 0.25) is 0 Å². The van der Waals surface area contributed by atoms with Crippen molar-refractivity contribution in [2.75, 3.05) is 13.1 Å². The third-order valence-electron chi connectivity index (χ3n) is 14.7. The molecule has 1 amide bonds. The van der Waals surface area contributed by atoms with Gasteiger partial charge in [-0.05, 0) is 82.0 Å². The van der Waals surface area contributed by atoms with Crippen molar-refractivity contribution in [3.63, 3.8) is 0 Å². The van der Waals surface area contributed by atoms with Gasteiger partial charge in [0, 0.05) is 23.4 Å². The van der Waals surface area contributed by atoms with Gasteiger partial charge in [0.1, 0.15) is 122 Å². The Morgan fingerprint density at radius 3 is 1.72 bits per heavy atom. The van der Waals surface area contributed by atoms with Gasteiger partial charge in [-0.25, -0.2) is 4.39 Å². The van der Waals surface area contributed by atoms with E-state index in [2.05, 4.69) is 70.8 Å². The summed E-state index contributed by atoms with van der Waals surface area (Å²) in [6.07, 6.45) is -2.42. The van der Waals surface area contributed by atoms with Gasteiger partial charge in [-0.1, -0.05) is 81.4 Å². The molecule has 0 saturated carbocycles. The SMILES string of the molecule is Bc1c(B)c(-c2c(B)c(B)c(C(F)(F)F)c(B)c2B)c(B)c(B)c1CN(C(=O)Cn1c(SC(B)(B)c2ccc(F)cc2)nc(=O)c2c1CCC2)C(B)(B)C(B)(B)N(CC)CC. The number of alkyl halides is 3. The standard InChI is InChI=1S/C36H52B14F4N4O2S/c1-3-56(4-2)35(47,48)36(49,50)58(12-17-23(37)25(39)20(26(40)24(17)38)21-27(41)29(43)22(34(52,53)54)30(44)28(21)42)19(59)13-57-18-7-5-6-16(18)31(60)55-32(57)61-33(45,46)14-8-10-15(51)11-9-14/h8-11H,3-7,12-13,37-50H2,1-2H3. The molecule has 0 atom stereocenters. The Balaban J connectivity index is 1.70. The molecule has 304 valence electrons. The highest BCUT2D eigenvalue weighted by Crippen LogP contribution is 2.37. The number of rotatable bonds is 13.